The van der Waals surface area contributed by atoms with E-state index in [-0.39, 0.29) is 24.0 Å². The minimum atomic E-state index is -0.810. The van der Waals surface area contributed by atoms with Crippen LogP contribution in [0.1, 0.15) is 53.2 Å². The molecule has 0 saturated heterocycles. The lowest BCUT2D eigenvalue weighted by Gasteiger charge is -2.15. The number of nitrogens with one attached hydrogen (secondary N) is 1. The number of ether oxygens (including phenoxy) is 1. The molecule has 0 bridgehead atoms. The Morgan fingerprint density at radius 1 is 1.19 bits per heavy atom. The second-order valence-corrected chi connectivity index (χ2v) is 9.16. The van der Waals surface area contributed by atoms with Gasteiger partial charge in [0.05, 0.1) is 23.2 Å². The highest BCUT2D eigenvalue weighted by Gasteiger charge is 2.24. The molecule has 3 rings (SSSR count). The summed E-state index contributed by atoms with van der Waals surface area (Å²) in [4.78, 5) is 43.6. The van der Waals surface area contributed by atoms with Crippen LogP contribution in [0.3, 0.4) is 0 Å². The van der Waals surface area contributed by atoms with E-state index >= 15 is 0 Å². The smallest absolute Gasteiger partial charge is 0.329 e. The molecule has 31 heavy (non-hydrogen) atoms. The molecule has 3 aromatic rings. The molecule has 1 N–H and O–H groups in total. The van der Waals surface area contributed by atoms with Gasteiger partial charge in [0.15, 0.2) is 0 Å². The van der Waals surface area contributed by atoms with Crippen molar-refractivity contribution in [1.82, 2.24) is 9.55 Å². The molecule has 0 aliphatic heterocycles. The van der Waals surface area contributed by atoms with Crippen molar-refractivity contribution in [3.05, 3.63) is 56.4 Å². The molecule has 1 aromatic carbocycles. The second kappa shape index (κ2) is 9.01. The lowest BCUT2D eigenvalue weighted by molar-refractivity contribution is -0.148. The highest BCUT2D eigenvalue weighted by atomic mass is 32.1. The Balaban J connectivity index is 1.93. The number of amides is 1. The molecule has 7 nitrogen and oxygen atoms in total. The number of carbonyl (C=O) groups is 2. The normalized spacial score (nSPS) is 12.2. The molecule has 164 valence electrons. The summed E-state index contributed by atoms with van der Waals surface area (Å²) in [5.74, 6) is -0.578. The van der Waals surface area contributed by atoms with E-state index in [1.165, 1.54) is 10.9 Å². The molecule has 0 spiro atoms. The van der Waals surface area contributed by atoms with Crippen molar-refractivity contribution in [2.45, 2.75) is 47.6 Å². The first-order valence-corrected chi connectivity index (χ1v) is 11.0. The Morgan fingerprint density at radius 2 is 1.90 bits per heavy atom. The van der Waals surface area contributed by atoms with Crippen molar-refractivity contribution < 1.29 is 14.3 Å². The number of fused-ring (bicyclic) bond motifs is 1. The summed E-state index contributed by atoms with van der Waals surface area (Å²) in [6, 6.07) is 4.98. The highest BCUT2D eigenvalue weighted by molar-refractivity contribution is 7.20. The number of rotatable bonds is 6. The Morgan fingerprint density at radius 3 is 2.55 bits per heavy atom. The average Bonchev–Trinajstić information content (AvgIpc) is 3.05. The molecule has 1 atom stereocenters. The standard InChI is InChI=1S/C23H27N3O4S/c1-12(2)10-30-23(29)16(6)26-11-24-21-18(22(26)28)15(5)19(31-21)20(27)25-17-8-7-13(3)9-14(17)4/h7-9,11-12,16H,10H2,1-6H3,(H,25,27)/t16-/m1/s1. The molecule has 0 unspecified atom stereocenters. The summed E-state index contributed by atoms with van der Waals surface area (Å²) in [6.07, 6.45) is 1.34. The number of carbonyl (C=O) groups excluding carboxylic acids is 2. The summed E-state index contributed by atoms with van der Waals surface area (Å²) in [7, 11) is 0. The van der Waals surface area contributed by atoms with Gasteiger partial charge in [-0.25, -0.2) is 9.78 Å². The van der Waals surface area contributed by atoms with E-state index in [1.54, 1.807) is 13.8 Å². The monoisotopic (exact) mass is 441 g/mol. The van der Waals surface area contributed by atoms with Gasteiger partial charge < -0.3 is 10.1 Å². The highest BCUT2D eigenvalue weighted by Crippen LogP contribution is 2.28. The van der Waals surface area contributed by atoms with Crippen LogP contribution in [0.5, 0.6) is 0 Å². The summed E-state index contributed by atoms with van der Waals surface area (Å²) in [5.41, 5.74) is 2.98. The van der Waals surface area contributed by atoms with Crippen LogP contribution in [0.2, 0.25) is 0 Å². The van der Waals surface area contributed by atoms with Crippen molar-refractivity contribution in [3.8, 4) is 0 Å². The fraction of sp³-hybridized carbons (Fsp3) is 0.391. The lowest BCUT2D eigenvalue weighted by atomic mass is 10.1. The fourth-order valence-corrected chi connectivity index (χ4v) is 4.28. The van der Waals surface area contributed by atoms with Gasteiger partial charge in [-0.05, 0) is 50.8 Å². The topological polar surface area (TPSA) is 90.3 Å². The van der Waals surface area contributed by atoms with Gasteiger partial charge in [-0.3, -0.25) is 14.2 Å². The maximum atomic E-state index is 13.1. The Hall–Kier alpha value is -3.00. The summed E-state index contributed by atoms with van der Waals surface area (Å²) in [5, 5.41) is 3.27. The summed E-state index contributed by atoms with van der Waals surface area (Å²) in [6.45, 7) is 11.4. The second-order valence-electron chi connectivity index (χ2n) is 8.17. The molecule has 0 aliphatic rings. The van der Waals surface area contributed by atoms with Gasteiger partial charge in [0.25, 0.3) is 11.5 Å². The van der Waals surface area contributed by atoms with Gasteiger partial charge in [-0.1, -0.05) is 31.5 Å². The molecular weight excluding hydrogens is 414 g/mol. The van der Waals surface area contributed by atoms with Crippen LogP contribution in [0, 0.1) is 26.7 Å². The van der Waals surface area contributed by atoms with Gasteiger partial charge in [0.1, 0.15) is 10.9 Å². The van der Waals surface area contributed by atoms with Crippen molar-refractivity contribution in [3.63, 3.8) is 0 Å². The SMILES string of the molecule is Cc1ccc(NC(=O)c2sc3ncn([C@H](C)C(=O)OCC(C)C)c(=O)c3c2C)c(C)c1. The molecule has 0 radical (unpaired) electrons. The fourth-order valence-electron chi connectivity index (χ4n) is 3.25. The minimum Gasteiger partial charge on any atom is -0.464 e. The Kier molecular flexibility index (Phi) is 6.59. The van der Waals surface area contributed by atoms with Crippen LogP contribution in [0.15, 0.2) is 29.3 Å². The molecule has 0 aliphatic carbocycles. The minimum absolute atomic E-state index is 0.200. The number of benzene rings is 1. The first-order chi connectivity index (χ1) is 14.6. The van der Waals surface area contributed by atoms with Crippen molar-refractivity contribution in [1.29, 1.82) is 0 Å². The van der Waals surface area contributed by atoms with Crippen LogP contribution < -0.4 is 10.9 Å². The predicted octanol–water partition coefficient (Wildman–Crippen LogP) is 4.40. The van der Waals surface area contributed by atoms with Gasteiger partial charge in [0.2, 0.25) is 0 Å². The van der Waals surface area contributed by atoms with Crippen molar-refractivity contribution in [2.75, 3.05) is 11.9 Å². The molecular formula is C23H27N3O4S. The zero-order valence-electron chi connectivity index (χ0n) is 18.6. The Labute approximate surface area is 185 Å². The van der Waals surface area contributed by atoms with Crippen LogP contribution in [-0.4, -0.2) is 28.0 Å². The van der Waals surface area contributed by atoms with Gasteiger partial charge >= 0.3 is 5.97 Å². The number of esters is 1. The first kappa shape index (κ1) is 22.7. The maximum Gasteiger partial charge on any atom is 0.329 e. The van der Waals surface area contributed by atoms with E-state index in [0.29, 0.717) is 20.7 Å². The van der Waals surface area contributed by atoms with Crippen LogP contribution in [0.25, 0.3) is 10.2 Å². The third-order valence-electron chi connectivity index (χ3n) is 5.03. The van der Waals surface area contributed by atoms with Gasteiger partial charge in [0, 0.05) is 5.69 Å². The number of aryl methyl sites for hydroxylation is 3. The molecule has 8 heteroatoms. The number of aromatic nitrogens is 2. The van der Waals surface area contributed by atoms with E-state index < -0.39 is 12.0 Å². The van der Waals surface area contributed by atoms with Gasteiger partial charge in [-0.15, -0.1) is 11.3 Å². The molecule has 2 heterocycles. The summed E-state index contributed by atoms with van der Waals surface area (Å²) < 4.78 is 6.52. The zero-order valence-corrected chi connectivity index (χ0v) is 19.4. The maximum absolute atomic E-state index is 13.1. The van der Waals surface area contributed by atoms with Crippen molar-refractivity contribution in [2.24, 2.45) is 5.92 Å². The van der Waals surface area contributed by atoms with E-state index in [0.717, 1.165) is 28.2 Å². The largest absolute Gasteiger partial charge is 0.464 e. The zero-order chi connectivity index (χ0) is 22.9. The number of hydrogen-bond acceptors (Lipinski definition) is 6. The number of thiophene rings is 1. The Bertz CT molecular complexity index is 1210. The van der Waals surface area contributed by atoms with Crippen molar-refractivity contribution >= 4 is 39.1 Å². The van der Waals surface area contributed by atoms with Gasteiger partial charge in [-0.2, -0.15) is 0 Å². The molecule has 2 aromatic heterocycles. The summed E-state index contributed by atoms with van der Waals surface area (Å²) >= 11 is 1.16. The lowest BCUT2D eigenvalue weighted by Crippen LogP contribution is -2.30. The van der Waals surface area contributed by atoms with E-state index in [9.17, 15) is 14.4 Å². The quantitative estimate of drug-likeness (QED) is 0.573. The van der Waals surface area contributed by atoms with Crippen LogP contribution in [-0.2, 0) is 9.53 Å². The predicted molar refractivity (Wildman–Crippen MR) is 123 cm³/mol. The molecule has 1 amide bonds. The molecule has 0 fully saturated rings. The number of nitrogens with zero attached hydrogens (tertiary/aromatic N) is 2. The number of hydrogen-bond donors (Lipinski definition) is 1. The van der Waals surface area contributed by atoms with E-state index in [2.05, 4.69) is 10.3 Å². The number of anilines is 1. The third kappa shape index (κ3) is 4.69. The first-order valence-electron chi connectivity index (χ1n) is 10.2. The third-order valence-corrected chi connectivity index (χ3v) is 6.23. The molecule has 0 saturated carbocycles. The van der Waals surface area contributed by atoms with E-state index in [1.807, 2.05) is 45.9 Å². The average molecular weight is 442 g/mol. The van der Waals surface area contributed by atoms with E-state index in [4.69, 9.17) is 4.74 Å². The van der Waals surface area contributed by atoms with Crippen LogP contribution in [0.4, 0.5) is 5.69 Å². The van der Waals surface area contributed by atoms with Crippen LogP contribution >= 0.6 is 11.3 Å².